The predicted octanol–water partition coefficient (Wildman–Crippen LogP) is 0.478. The fourth-order valence-corrected chi connectivity index (χ4v) is 0.968. The van der Waals surface area contributed by atoms with Gasteiger partial charge in [0.2, 0.25) is 0 Å². The summed E-state index contributed by atoms with van der Waals surface area (Å²) in [6.45, 7) is 0.281. The first-order chi connectivity index (χ1) is 5.63. The summed E-state index contributed by atoms with van der Waals surface area (Å²) in [5, 5.41) is 18.2. The van der Waals surface area contributed by atoms with E-state index in [4.69, 9.17) is 21.7 Å². The molecule has 0 aliphatic carbocycles. The maximum Gasteiger partial charge on any atom is 0.119 e. The Morgan fingerprint density at radius 1 is 1.15 bits per heavy atom. The second-order valence-electron chi connectivity index (χ2n) is 2.62. The first kappa shape index (κ1) is 12.0. The SMILES string of the molecule is Cl.NC[C@H](N)c1cc(O)cc(O)c1. The Kier molecular flexibility index (Phi) is 4.55. The normalized spacial score (nSPS) is 11.8. The quantitative estimate of drug-likeness (QED) is 0.564. The average Bonchev–Trinajstić information content (AvgIpc) is 2.01. The molecule has 1 aromatic carbocycles. The van der Waals surface area contributed by atoms with E-state index in [1.54, 1.807) is 0 Å². The maximum absolute atomic E-state index is 9.08. The van der Waals surface area contributed by atoms with Crippen LogP contribution in [0, 0.1) is 0 Å². The third-order valence-corrected chi connectivity index (χ3v) is 1.61. The summed E-state index contributed by atoms with van der Waals surface area (Å²) in [6.07, 6.45) is 0. The summed E-state index contributed by atoms with van der Waals surface area (Å²) in [5.74, 6) is -0.0113. The Balaban J connectivity index is 0.00000144. The highest BCUT2D eigenvalue weighted by Crippen LogP contribution is 2.23. The van der Waals surface area contributed by atoms with E-state index in [1.807, 2.05) is 0 Å². The summed E-state index contributed by atoms with van der Waals surface area (Å²) in [7, 11) is 0. The van der Waals surface area contributed by atoms with Gasteiger partial charge >= 0.3 is 0 Å². The van der Waals surface area contributed by atoms with E-state index in [1.165, 1.54) is 18.2 Å². The van der Waals surface area contributed by atoms with Crippen LogP contribution in [0.4, 0.5) is 0 Å². The molecule has 5 heteroatoms. The number of phenols is 2. The fraction of sp³-hybridized carbons (Fsp3) is 0.250. The molecule has 0 heterocycles. The zero-order valence-electron chi connectivity index (χ0n) is 6.97. The van der Waals surface area contributed by atoms with Crippen molar-refractivity contribution in [3.8, 4) is 11.5 Å². The number of phenolic OH excluding ortho intramolecular Hbond substituents is 2. The van der Waals surface area contributed by atoms with E-state index in [0.717, 1.165) is 0 Å². The van der Waals surface area contributed by atoms with Crippen LogP contribution >= 0.6 is 12.4 Å². The van der Waals surface area contributed by atoms with E-state index in [-0.39, 0.29) is 36.5 Å². The monoisotopic (exact) mass is 204 g/mol. The highest BCUT2D eigenvalue weighted by atomic mass is 35.5. The van der Waals surface area contributed by atoms with E-state index in [2.05, 4.69) is 0 Å². The topological polar surface area (TPSA) is 92.5 Å². The molecular formula is C8H13ClN2O2. The Morgan fingerprint density at radius 2 is 1.62 bits per heavy atom. The molecular weight excluding hydrogens is 192 g/mol. The zero-order chi connectivity index (χ0) is 9.14. The van der Waals surface area contributed by atoms with Crippen LogP contribution in [0.1, 0.15) is 11.6 Å². The molecule has 0 radical (unpaired) electrons. The molecule has 0 saturated heterocycles. The average molecular weight is 205 g/mol. The van der Waals surface area contributed by atoms with Gasteiger partial charge in [-0.05, 0) is 17.7 Å². The van der Waals surface area contributed by atoms with Crippen molar-refractivity contribution in [3.05, 3.63) is 23.8 Å². The number of hydrogen-bond donors (Lipinski definition) is 4. The predicted molar refractivity (Wildman–Crippen MR) is 53.0 cm³/mol. The Hall–Kier alpha value is -0.970. The molecule has 1 atom stereocenters. The van der Waals surface area contributed by atoms with E-state index < -0.39 is 0 Å². The van der Waals surface area contributed by atoms with Gasteiger partial charge in [0.1, 0.15) is 11.5 Å². The van der Waals surface area contributed by atoms with Gasteiger partial charge < -0.3 is 21.7 Å². The summed E-state index contributed by atoms with van der Waals surface area (Å²) in [6, 6.07) is 3.87. The van der Waals surface area contributed by atoms with Crippen molar-refractivity contribution < 1.29 is 10.2 Å². The van der Waals surface area contributed by atoms with Crippen molar-refractivity contribution in [2.24, 2.45) is 11.5 Å². The van der Waals surface area contributed by atoms with Gasteiger partial charge in [-0.15, -0.1) is 12.4 Å². The molecule has 1 rings (SSSR count). The van der Waals surface area contributed by atoms with Crippen LogP contribution in [0.25, 0.3) is 0 Å². The van der Waals surface area contributed by atoms with E-state index >= 15 is 0 Å². The van der Waals surface area contributed by atoms with Gasteiger partial charge in [-0.2, -0.15) is 0 Å². The second-order valence-corrected chi connectivity index (χ2v) is 2.62. The third kappa shape index (κ3) is 3.10. The van der Waals surface area contributed by atoms with Gasteiger partial charge in [-0.3, -0.25) is 0 Å². The van der Waals surface area contributed by atoms with Crippen LogP contribution in [0.3, 0.4) is 0 Å². The number of nitrogens with two attached hydrogens (primary N) is 2. The fourth-order valence-electron chi connectivity index (χ4n) is 0.968. The lowest BCUT2D eigenvalue weighted by atomic mass is 10.1. The van der Waals surface area contributed by atoms with E-state index in [9.17, 15) is 0 Å². The lowest BCUT2D eigenvalue weighted by Gasteiger charge is -2.09. The molecule has 74 valence electrons. The second kappa shape index (κ2) is 4.91. The Bertz CT molecular complexity index is 261. The van der Waals surface area contributed by atoms with Gasteiger partial charge in [0.05, 0.1) is 0 Å². The lowest BCUT2D eigenvalue weighted by molar-refractivity contribution is 0.448. The van der Waals surface area contributed by atoms with Gasteiger partial charge in [-0.25, -0.2) is 0 Å². The highest BCUT2D eigenvalue weighted by Gasteiger charge is 2.05. The zero-order valence-corrected chi connectivity index (χ0v) is 7.79. The summed E-state index contributed by atoms with van der Waals surface area (Å²) in [5.41, 5.74) is 11.5. The minimum absolute atomic E-state index is 0. The van der Waals surface area contributed by atoms with Crippen molar-refractivity contribution in [2.45, 2.75) is 6.04 Å². The summed E-state index contributed by atoms with van der Waals surface area (Å²) in [4.78, 5) is 0. The molecule has 0 spiro atoms. The summed E-state index contributed by atoms with van der Waals surface area (Å²) >= 11 is 0. The van der Waals surface area contributed by atoms with Gasteiger partial charge in [0, 0.05) is 18.7 Å². The molecule has 0 amide bonds. The minimum Gasteiger partial charge on any atom is -0.508 e. The standard InChI is InChI=1S/C8H12N2O2.ClH/c9-4-8(10)5-1-6(11)3-7(12)2-5;/h1-3,8,11-12H,4,9-10H2;1H/t8-;/m0./s1. The minimum atomic E-state index is -0.344. The first-order valence-corrected chi connectivity index (χ1v) is 3.62. The van der Waals surface area contributed by atoms with Crippen LogP contribution in [0.2, 0.25) is 0 Å². The van der Waals surface area contributed by atoms with Crippen molar-refractivity contribution in [1.29, 1.82) is 0 Å². The van der Waals surface area contributed by atoms with Crippen molar-refractivity contribution >= 4 is 12.4 Å². The highest BCUT2D eigenvalue weighted by molar-refractivity contribution is 5.85. The van der Waals surface area contributed by atoms with Gasteiger partial charge in [0.25, 0.3) is 0 Å². The van der Waals surface area contributed by atoms with Crippen molar-refractivity contribution in [3.63, 3.8) is 0 Å². The molecule has 0 fully saturated rings. The lowest BCUT2D eigenvalue weighted by Crippen LogP contribution is -2.20. The molecule has 0 bridgehead atoms. The smallest absolute Gasteiger partial charge is 0.119 e. The molecule has 1 aromatic rings. The number of aromatic hydroxyl groups is 2. The van der Waals surface area contributed by atoms with Gasteiger partial charge in [0.15, 0.2) is 0 Å². The van der Waals surface area contributed by atoms with Crippen LogP contribution in [0.15, 0.2) is 18.2 Å². The molecule has 6 N–H and O–H groups in total. The number of rotatable bonds is 2. The molecule has 0 aromatic heterocycles. The number of halogens is 1. The van der Waals surface area contributed by atoms with Crippen molar-refractivity contribution in [1.82, 2.24) is 0 Å². The van der Waals surface area contributed by atoms with Crippen LogP contribution < -0.4 is 11.5 Å². The van der Waals surface area contributed by atoms with Gasteiger partial charge in [-0.1, -0.05) is 0 Å². The molecule has 0 saturated carbocycles. The molecule has 0 aliphatic rings. The largest absolute Gasteiger partial charge is 0.508 e. The van der Waals surface area contributed by atoms with Crippen LogP contribution in [-0.4, -0.2) is 16.8 Å². The number of benzene rings is 1. The maximum atomic E-state index is 9.08. The molecule has 4 nitrogen and oxygen atoms in total. The first-order valence-electron chi connectivity index (χ1n) is 3.62. The molecule has 0 aliphatic heterocycles. The molecule has 0 unspecified atom stereocenters. The Morgan fingerprint density at radius 3 is 2.00 bits per heavy atom. The number of hydrogen-bond acceptors (Lipinski definition) is 4. The van der Waals surface area contributed by atoms with Crippen LogP contribution in [-0.2, 0) is 0 Å². The summed E-state index contributed by atoms with van der Waals surface area (Å²) < 4.78 is 0. The third-order valence-electron chi connectivity index (χ3n) is 1.61. The van der Waals surface area contributed by atoms with Crippen molar-refractivity contribution in [2.75, 3.05) is 6.54 Å². The van der Waals surface area contributed by atoms with Crippen LogP contribution in [0.5, 0.6) is 11.5 Å². The molecule has 13 heavy (non-hydrogen) atoms. The van der Waals surface area contributed by atoms with E-state index in [0.29, 0.717) is 5.56 Å². The Labute approximate surface area is 82.6 Å².